The van der Waals surface area contributed by atoms with Crippen molar-refractivity contribution >= 4 is 27.5 Å². The van der Waals surface area contributed by atoms with Gasteiger partial charge in [-0.05, 0) is 25.0 Å². The first-order chi connectivity index (χ1) is 9.72. The average molecular weight is 289 g/mol. The van der Waals surface area contributed by atoms with E-state index in [9.17, 15) is 4.79 Å². The molecule has 3 rings (SSSR count). The summed E-state index contributed by atoms with van der Waals surface area (Å²) in [6.07, 6.45) is 4.83. The van der Waals surface area contributed by atoms with Crippen molar-refractivity contribution in [3.63, 3.8) is 0 Å². The van der Waals surface area contributed by atoms with Crippen molar-refractivity contribution in [2.75, 3.05) is 6.54 Å². The third-order valence-corrected chi connectivity index (χ3v) is 4.90. The van der Waals surface area contributed by atoms with E-state index in [4.69, 9.17) is 5.73 Å². The molecule has 0 bridgehead atoms. The fourth-order valence-electron chi connectivity index (χ4n) is 2.94. The van der Waals surface area contributed by atoms with Crippen molar-refractivity contribution in [3.8, 4) is 0 Å². The topological polar surface area (TPSA) is 59.2 Å². The Kier molecular flexibility index (Phi) is 3.98. The van der Waals surface area contributed by atoms with Gasteiger partial charge in [0.25, 0.3) is 0 Å². The normalized spacial score (nSPS) is 16.2. The van der Waals surface area contributed by atoms with Gasteiger partial charge in [-0.3, -0.25) is 9.69 Å². The smallest absolute Gasteiger partial charge is 0.231 e. The number of rotatable bonds is 5. The Labute approximate surface area is 122 Å². The second kappa shape index (κ2) is 5.89. The number of hydrogen-bond donors (Lipinski definition) is 1. The number of carbonyl (C=O) groups excluding carboxylic acids is 1. The molecule has 0 unspecified atom stereocenters. The van der Waals surface area contributed by atoms with Gasteiger partial charge >= 0.3 is 0 Å². The molecule has 2 N–H and O–H groups in total. The SMILES string of the molecule is NC(=O)CN(Cc1nc2ccccc2s1)C1CCCC1. The minimum Gasteiger partial charge on any atom is -0.369 e. The summed E-state index contributed by atoms with van der Waals surface area (Å²) in [6.45, 7) is 1.06. The Morgan fingerprint density at radius 3 is 2.80 bits per heavy atom. The molecule has 4 nitrogen and oxygen atoms in total. The molecule has 1 aliphatic carbocycles. The van der Waals surface area contributed by atoms with E-state index in [0.717, 1.165) is 29.9 Å². The van der Waals surface area contributed by atoms with Gasteiger partial charge in [0.15, 0.2) is 0 Å². The number of nitrogens with zero attached hydrogens (tertiary/aromatic N) is 2. The molecular formula is C15H19N3OS. The Morgan fingerprint density at radius 2 is 2.10 bits per heavy atom. The van der Waals surface area contributed by atoms with E-state index in [1.165, 1.54) is 17.5 Å². The molecule has 0 atom stereocenters. The van der Waals surface area contributed by atoms with Crippen molar-refractivity contribution in [3.05, 3.63) is 29.3 Å². The summed E-state index contributed by atoms with van der Waals surface area (Å²) in [6, 6.07) is 8.63. The molecule has 20 heavy (non-hydrogen) atoms. The molecule has 106 valence electrons. The molecule has 1 aliphatic rings. The Hall–Kier alpha value is -1.46. The summed E-state index contributed by atoms with van der Waals surface area (Å²) in [7, 11) is 0. The fourth-order valence-corrected chi connectivity index (χ4v) is 3.94. The molecule has 1 fully saturated rings. The Bertz CT molecular complexity index is 571. The highest BCUT2D eigenvalue weighted by molar-refractivity contribution is 7.18. The summed E-state index contributed by atoms with van der Waals surface area (Å²) in [5.41, 5.74) is 6.43. The van der Waals surface area contributed by atoms with Crippen molar-refractivity contribution < 1.29 is 4.79 Å². The summed E-state index contributed by atoms with van der Waals surface area (Å²) < 4.78 is 1.20. The van der Waals surface area contributed by atoms with E-state index < -0.39 is 0 Å². The van der Waals surface area contributed by atoms with Crippen LogP contribution in [0.2, 0.25) is 0 Å². The largest absolute Gasteiger partial charge is 0.369 e. The summed E-state index contributed by atoms with van der Waals surface area (Å²) in [5, 5.41) is 1.07. The lowest BCUT2D eigenvalue weighted by Gasteiger charge is -2.26. The number of thiazole rings is 1. The van der Waals surface area contributed by atoms with E-state index in [1.54, 1.807) is 11.3 Å². The van der Waals surface area contributed by atoms with Gasteiger partial charge in [0, 0.05) is 6.04 Å². The van der Waals surface area contributed by atoms with Crippen LogP contribution in [0.3, 0.4) is 0 Å². The number of benzene rings is 1. The molecule has 1 aromatic carbocycles. The van der Waals surface area contributed by atoms with E-state index in [0.29, 0.717) is 12.6 Å². The lowest BCUT2D eigenvalue weighted by atomic mass is 10.2. The van der Waals surface area contributed by atoms with Crippen LogP contribution in [0, 0.1) is 0 Å². The maximum Gasteiger partial charge on any atom is 0.231 e. The third-order valence-electron chi connectivity index (χ3n) is 3.88. The van der Waals surface area contributed by atoms with Crippen LogP contribution in [0.5, 0.6) is 0 Å². The number of fused-ring (bicyclic) bond motifs is 1. The number of hydrogen-bond acceptors (Lipinski definition) is 4. The minimum absolute atomic E-state index is 0.252. The molecular weight excluding hydrogens is 270 g/mol. The monoisotopic (exact) mass is 289 g/mol. The second-order valence-corrected chi connectivity index (χ2v) is 6.50. The van der Waals surface area contributed by atoms with Crippen LogP contribution in [0.1, 0.15) is 30.7 Å². The minimum atomic E-state index is -0.252. The van der Waals surface area contributed by atoms with Crippen LogP contribution in [-0.2, 0) is 11.3 Å². The van der Waals surface area contributed by atoms with Gasteiger partial charge in [-0.1, -0.05) is 25.0 Å². The molecule has 0 radical (unpaired) electrons. The predicted molar refractivity (Wildman–Crippen MR) is 81.5 cm³/mol. The zero-order chi connectivity index (χ0) is 13.9. The number of amides is 1. The van der Waals surface area contributed by atoms with Crippen molar-refractivity contribution in [1.82, 2.24) is 9.88 Å². The molecule has 1 saturated carbocycles. The maximum atomic E-state index is 11.3. The lowest BCUT2D eigenvalue weighted by molar-refractivity contribution is -0.119. The highest BCUT2D eigenvalue weighted by Crippen LogP contribution is 2.27. The van der Waals surface area contributed by atoms with Crippen molar-refractivity contribution in [2.24, 2.45) is 5.73 Å². The first-order valence-corrected chi connectivity index (χ1v) is 7.91. The predicted octanol–water partition coefficient (Wildman–Crippen LogP) is 2.53. The zero-order valence-electron chi connectivity index (χ0n) is 11.4. The fraction of sp³-hybridized carbons (Fsp3) is 0.467. The van der Waals surface area contributed by atoms with E-state index in [-0.39, 0.29) is 5.91 Å². The maximum absolute atomic E-state index is 11.3. The molecule has 1 amide bonds. The second-order valence-electron chi connectivity index (χ2n) is 5.38. The molecule has 1 aromatic heterocycles. The molecule has 0 spiro atoms. The van der Waals surface area contributed by atoms with Crippen LogP contribution in [0.25, 0.3) is 10.2 Å². The van der Waals surface area contributed by atoms with Crippen LogP contribution >= 0.6 is 11.3 Å². The lowest BCUT2D eigenvalue weighted by Crippen LogP contribution is -2.39. The van der Waals surface area contributed by atoms with Gasteiger partial charge in [-0.2, -0.15) is 0 Å². The van der Waals surface area contributed by atoms with Gasteiger partial charge in [-0.15, -0.1) is 11.3 Å². The van der Waals surface area contributed by atoms with Gasteiger partial charge < -0.3 is 5.73 Å². The van der Waals surface area contributed by atoms with Crippen molar-refractivity contribution in [2.45, 2.75) is 38.3 Å². The number of aromatic nitrogens is 1. The van der Waals surface area contributed by atoms with E-state index in [2.05, 4.69) is 16.0 Å². The first kappa shape index (κ1) is 13.5. The highest BCUT2D eigenvalue weighted by atomic mass is 32.1. The van der Waals surface area contributed by atoms with Gasteiger partial charge in [0.1, 0.15) is 5.01 Å². The van der Waals surface area contributed by atoms with E-state index >= 15 is 0 Å². The van der Waals surface area contributed by atoms with Gasteiger partial charge in [0.05, 0.1) is 23.3 Å². The first-order valence-electron chi connectivity index (χ1n) is 7.09. The van der Waals surface area contributed by atoms with Crippen LogP contribution in [0.4, 0.5) is 0 Å². The van der Waals surface area contributed by atoms with Crippen molar-refractivity contribution in [1.29, 1.82) is 0 Å². The standard InChI is InChI=1S/C15H19N3OS/c16-14(19)9-18(11-5-1-2-6-11)10-15-17-12-7-3-4-8-13(12)20-15/h3-4,7-8,11H,1-2,5-6,9-10H2,(H2,16,19). The third kappa shape index (κ3) is 2.99. The molecule has 5 heteroatoms. The quantitative estimate of drug-likeness (QED) is 0.920. The van der Waals surface area contributed by atoms with E-state index in [1.807, 2.05) is 18.2 Å². The van der Waals surface area contributed by atoms with Gasteiger partial charge in [-0.25, -0.2) is 4.98 Å². The summed E-state index contributed by atoms with van der Waals surface area (Å²) >= 11 is 1.71. The number of nitrogens with two attached hydrogens (primary N) is 1. The Morgan fingerprint density at radius 1 is 1.35 bits per heavy atom. The number of para-hydroxylation sites is 1. The number of carbonyl (C=O) groups is 1. The summed E-state index contributed by atoms with van der Waals surface area (Å²) in [4.78, 5) is 18.1. The van der Waals surface area contributed by atoms with Crippen LogP contribution in [-0.4, -0.2) is 28.4 Å². The average Bonchev–Trinajstić information content (AvgIpc) is 3.06. The zero-order valence-corrected chi connectivity index (χ0v) is 12.2. The highest BCUT2D eigenvalue weighted by Gasteiger charge is 2.24. The molecule has 2 aromatic rings. The van der Waals surface area contributed by atoms with Crippen LogP contribution < -0.4 is 5.73 Å². The number of primary amides is 1. The van der Waals surface area contributed by atoms with Gasteiger partial charge in [0.2, 0.25) is 5.91 Å². The Balaban J connectivity index is 1.78. The summed E-state index contributed by atoms with van der Waals surface area (Å²) in [5.74, 6) is -0.252. The van der Waals surface area contributed by atoms with Crippen LogP contribution in [0.15, 0.2) is 24.3 Å². The molecule has 0 aliphatic heterocycles. The molecule has 0 saturated heterocycles. The molecule has 1 heterocycles.